The Labute approximate surface area is 132 Å². The highest BCUT2D eigenvalue weighted by Crippen LogP contribution is 2.33. The average Bonchev–Trinajstić information content (AvgIpc) is 2.95. The molecule has 3 heterocycles. The van der Waals surface area contributed by atoms with Crippen molar-refractivity contribution in [3.05, 3.63) is 34.8 Å². The second-order valence-electron chi connectivity index (χ2n) is 5.60. The summed E-state index contributed by atoms with van der Waals surface area (Å²) in [6.45, 7) is 3.30. The molecule has 1 spiro atoms. The molecular formula is C16H17BrN2O2. The van der Waals surface area contributed by atoms with Gasteiger partial charge < -0.3 is 14.4 Å². The lowest BCUT2D eigenvalue weighted by Crippen LogP contribution is -2.45. The molecule has 0 radical (unpaired) electrons. The molecule has 2 aliphatic rings. The average molecular weight is 349 g/mol. The van der Waals surface area contributed by atoms with Gasteiger partial charge in [-0.15, -0.1) is 0 Å². The van der Waals surface area contributed by atoms with Crippen LogP contribution in [0.5, 0.6) is 0 Å². The van der Waals surface area contributed by atoms with Crippen LogP contribution in [0, 0.1) is 0 Å². The maximum absolute atomic E-state index is 5.78. The molecule has 0 bridgehead atoms. The lowest BCUT2D eigenvalue weighted by Gasteiger charge is -2.38. The van der Waals surface area contributed by atoms with Gasteiger partial charge in [-0.3, -0.25) is 0 Å². The van der Waals surface area contributed by atoms with Gasteiger partial charge in [-0.25, -0.2) is 4.98 Å². The first-order valence-electron chi connectivity index (χ1n) is 7.33. The summed E-state index contributed by atoms with van der Waals surface area (Å²) in [4.78, 5) is 7.11. The van der Waals surface area contributed by atoms with Crippen molar-refractivity contribution in [3.8, 4) is 0 Å². The summed E-state index contributed by atoms with van der Waals surface area (Å²) < 4.78 is 12.6. The number of fused-ring (bicyclic) bond motifs is 1. The van der Waals surface area contributed by atoms with Gasteiger partial charge in [0.25, 0.3) is 0 Å². The zero-order chi connectivity index (χ0) is 14.3. The molecule has 2 saturated heterocycles. The van der Waals surface area contributed by atoms with Crippen molar-refractivity contribution in [1.82, 2.24) is 4.98 Å². The molecule has 0 amide bonds. The first-order valence-corrected chi connectivity index (χ1v) is 8.13. The van der Waals surface area contributed by atoms with E-state index < -0.39 is 0 Å². The van der Waals surface area contributed by atoms with Gasteiger partial charge in [-0.1, -0.05) is 22.0 Å². The van der Waals surface area contributed by atoms with Gasteiger partial charge in [0.05, 0.1) is 18.7 Å². The maximum atomic E-state index is 5.78. The van der Waals surface area contributed by atoms with Gasteiger partial charge in [-0.2, -0.15) is 0 Å². The van der Waals surface area contributed by atoms with Crippen LogP contribution in [0.15, 0.2) is 34.8 Å². The van der Waals surface area contributed by atoms with Crippen molar-refractivity contribution >= 4 is 32.7 Å². The Morgan fingerprint density at radius 1 is 1.05 bits per heavy atom. The molecule has 0 atom stereocenters. The van der Waals surface area contributed by atoms with Crippen LogP contribution in [0.25, 0.3) is 10.9 Å². The minimum absolute atomic E-state index is 0.323. The van der Waals surface area contributed by atoms with Crippen LogP contribution < -0.4 is 4.90 Å². The third kappa shape index (κ3) is 2.54. The molecule has 1 aromatic carbocycles. The van der Waals surface area contributed by atoms with Gasteiger partial charge in [0.1, 0.15) is 5.82 Å². The SMILES string of the molecule is Brc1ccc2ccc(N3CCC4(CC3)OCCO4)nc2c1. The van der Waals surface area contributed by atoms with Gasteiger partial charge in [0, 0.05) is 35.8 Å². The number of halogens is 1. The molecule has 0 unspecified atom stereocenters. The lowest BCUT2D eigenvalue weighted by molar-refractivity contribution is -0.169. The topological polar surface area (TPSA) is 34.6 Å². The fraction of sp³-hybridized carbons (Fsp3) is 0.438. The Kier molecular flexibility index (Phi) is 3.36. The molecule has 0 N–H and O–H groups in total. The summed E-state index contributed by atoms with van der Waals surface area (Å²) >= 11 is 3.51. The van der Waals surface area contributed by atoms with Crippen LogP contribution in [0.2, 0.25) is 0 Å². The first kappa shape index (κ1) is 13.5. The molecule has 2 aromatic rings. The summed E-state index contributed by atoms with van der Waals surface area (Å²) in [7, 11) is 0. The molecule has 2 aliphatic heterocycles. The number of anilines is 1. The molecule has 4 nitrogen and oxygen atoms in total. The largest absolute Gasteiger partial charge is 0.356 e. The fourth-order valence-electron chi connectivity index (χ4n) is 3.12. The van der Waals surface area contributed by atoms with E-state index in [0.717, 1.165) is 60.3 Å². The van der Waals surface area contributed by atoms with E-state index in [4.69, 9.17) is 14.5 Å². The lowest BCUT2D eigenvalue weighted by atomic mass is 10.0. The smallest absolute Gasteiger partial charge is 0.171 e. The Morgan fingerprint density at radius 2 is 1.76 bits per heavy atom. The number of hydrogen-bond donors (Lipinski definition) is 0. The van der Waals surface area contributed by atoms with Crippen LogP contribution in [0.4, 0.5) is 5.82 Å². The van der Waals surface area contributed by atoms with Crippen LogP contribution in [-0.2, 0) is 9.47 Å². The summed E-state index contributed by atoms with van der Waals surface area (Å²) in [5.41, 5.74) is 1.02. The molecule has 4 rings (SSSR count). The van der Waals surface area contributed by atoms with E-state index in [-0.39, 0.29) is 5.79 Å². The second kappa shape index (κ2) is 5.23. The Balaban J connectivity index is 1.56. The van der Waals surface area contributed by atoms with Crippen molar-refractivity contribution < 1.29 is 9.47 Å². The number of benzene rings is 1. The minimum atomic E-state index is -0.323. The highest BCUT2D eigenvalue weighted by atomic mass is 79.9. The highest BCUT2D eigenvalue weighted by molar-refractivity contribution is 9.10. The molecule has 0 saturated carbocycles. The van der Waals surface area contributed by atoms with E-state index in [0.29, 0.717) is 0 Å². The highest BCUT2D eigenvalue weighted by Gasteiger charge is 2.39. The Morgan fingerprint density at radius 3 is 2.52 bits per heavy atom. The Bertz CT molecular complexity index is 660. The van der Waals surface area contributed by atoms with Gasteiger partial charge in [-0.05, 0) is 24.3 Å². The summed E-state index contributed by atoms with van der Waals surface area (Å²) in [6, 6.07) is 10.4. The first-order chi connectivity index (χ1) is 10.2. The van der Waals surface area contributed by atoms with E-state index >= 15 is 0 Å². The van der Waals surface area contributed by atoms with Crippen molar-refractivity contribution in [3.63, 3.8) is 0 Å². The number of piperidine rings is 1. The molecule has 1 aromatic heterocycles. The third-order valence-corrected chi connectivity index (χ3v) is 4.80. The summed E-state index contributed by atoms with van der Waals surface area (Å²) in [5.74, 6) is 0.713. The van der Waals surface area contributed by atoms with Crippen molar-refractivity contribution in [2.24, 2.45) is 0 Å². The predicted octanol–water partition coefficient (Wildman–Crippen LogP) is 3.34. The Hall–Kier alpha value is -1.17. The van der Waals surface area contributed by atoms with E-state index in [2.05, 4.69) is 45.1 Å². The van der Waals surface area contributed by atoms with Crippen LogP contribution in [-0.4, -0.2) is 37.1 Å². The number of pyridine rings is 1. The van der Waals surface area contributed by atoms with E-state index in [1.807, 2.05) is 6.07 Å². The molecular weight excluding hydrogens is 332 g/mol. The quantitative estimate of drug-likeness (QED) is 0.791. The van der Waals surface area contributed by atoms with Gasteiger partial charge in [0.2, 0.25) is 0 Å². The number of ether oxygens (including phenoxy) is 2. The van der Waals surface area contributed by atoms with Gasteiger partial charge in [0.15, 0.2) is 5.79 Å². The monoisotopic (exact) mass is 348 g/mol. The standard InChI is InChI=1S/C16H17BrN2O2/c17-13-3-1-12-2-4-15(18-14(12)11-13)19-7-5-16(6-8-19)20-9-10-21-16/h1-4,11H,5-10H2. The molecule has 5 heteroatoms. The zero-order valence-corrected chi connectivity index (χ0v) is 13.3. The van der Waals surface area contributed by atoms with Crippen molar-refractivity contribution in [1.29, 1.82) is 0 Å². The molecule has 110 valence electrons. The van der Waals surface area contributed by atoms with E-state index in [9.17, 15) is 0 Å². The third-order valence-electron chi connectivity index (χ3n) is 4.30. The van der Waals surface area contributed by atoms with Gasteiger partial charge >= 0.3 is 0 Å². The molecule has 0 aliphatic carbocycles. The summed E-state index contributed by atoms with van der Waals surface area (Å²) in [5, 5.41) is 1.16. The minimum Gasteiger partial charge on any atom is -0.356 e. The van der Waals surface area contributed by atoms with Crippen LogP contribution in [0.3, 0.4) is 0 Å². The molecule has 2 fully saturated rings. The predicted molar refractivity (Wildman–Crippen MR) is 85.5 cm³/mol. The number of rotatable bonds is 1. The number of nitrogens with zero attached hydrogens (tertiary/aromatic N) is 2. The number of aromatic nitrogens is 1. The fourth-order valence-corrected chi connectivity index (χ4v) is 3.47. The number of hydrogen-bond acceptors (Lipinski definition) is 4. The van der Waals surface area contributed by atoms with E-state index in [1.165, 1.54) is 0 Å². The maximum Gasteiger partial charge on any atom is 0.171 e. The van der Waals surface area contributed by atoms with Crippen LogP contribution >= 0.6 is 15.9 Å². The van der Waals surface area contributed by atoms with Crippen molar-refractivity contribution in [2.75, 3.05) is 31.2 Å². The molecule has 21 heavy (non-hydrogen) atoms. The van der Waals surface area contributed by atoms with Crippen LogP contribution in [0.1, 0.15) is 12.8 Å². The second-order valence-corrected chi connectivity index (χ2v) is 6.52. The summed E-state index contributed by atoms with van der Waals surface area (Å²) in [6.07, 6.45) is 1.82. The zero-order valence-electron chi connectivity index (χ0n) is 11.7. The normalized spacial score (nSPS) is 21.3. The van der Waals surface area contributed by atoms with Crippen molar-refractivity contribution in [2.45, 2.75) is 18.6 Å². The van der Waals surface area contributed by atoms with E-state index in [1.54, 1.807) is 0 Å².